The molecule has 0 atom stereocenters. The van der Waals surface area contributed by atoms with Crippen LogP contribution in [0.1, 0.15) is 18.9 Å². The van der Waals surface area contributed by atoms with Crippen LogP contribution in [0.5, 0.6) is 5.75 Å². The number of phenols is 1. The normalized spacial score (nSPS) is 16.5. The van der Waals surface area contributed by atoms with Gasteiger partial charge in [-0.2, -0.15) is 0 Å². The summed E-state index contributed by atoms with van der Waals surface area (Å²) in [5.41, 5.74) is 1.22. The molecule has 1 fully saturated rings. The summed E-state index contributed by atoms with van der Waals surface area (Å²) in [6.45, 7) is 3.73. The molecular weight excluding hydrogens is 368 g/mol. The van der Waals surface area contributed by atoms with Crippen molar-refractivity contribution in [3.05, 3.63) is 33.9 Å². The molecule has 1 amide bonds. The number of nitrogens with zero attached hydrogens (tertiary/aromatic N) is 1. The van der Waals surface area contributed by atoms with Crippen molar-refractivity contribution in [1.82, 2.24) is 10.2 Å². The lowest BCUT2D eigenvalue weighted by Crippen LogP contribution is -2.32. The summed E-state index contributed by atoms with van der Waals surface area (Å²) in [4.78, 5) is 13.9. The molecule has 0 saturated carbocycles. The molecule has 1 heterocycles. The van der Waals surface area contributed by atoms with Gasteiger partial charge in [0.15, 0.2) is 5.11 Å². The fourth-order valence-corrected chi connectivity index (χ4v) is 2.70. The largest absolute Gasteiger partial charge is 0.507 e. The first-order chi connectivity index (χ1) is 10.5. The lowest BCUT2D eigenvalue weighted by Gasteiger charge is -2.13. The second kappa shape index (κ2) is 7.71. The van der Waals surface area contributed by atoms with Crippen LogP contribution >= 0.6 is 28.1 Å². The number of rotatable bonds is 6. The highest BCUT2D eigenvalue weighted by atomic mass is 79.9. The van der Waals surface area contributed by atoms with Crippen LogP contribution in [0.25, 0.3) is 6.08 Å². The molecule has 0 radical (unpaired) electrons. The van der Waals surface area contributed by atoms with Gasteiger partial charge >= 0.3 is 0 Å². The number of hydrogen-bond donors (Lipinski definition) is 2. The van der Waals surface area contributed by atoms with E-state index in [9.17, 15) is 9.90 Å². The highest BCUT2D eigenvalue weighted by Gasteiger charge is 2.29. The molecule has 0 aliphatic carbocycles. The number of ether oxygens (including phenoxy) is 1. The van der Waals surface area contributed by atoms with Gasteiger partial charge < -0.3 is 15.2 Å². The number of hydrogen-bond acceptors (Lipinski definition) is 4. The quantitative estimate of drug-likeness (QED) is 0.448. The molecule has 1 aromatic carbocycles. The van der Waals surface area contributed by atoms with Gasteiger partial charge in [0, 0.05) is 19.8 Å². The zero-order valence-corrected chi connectivity index (χ0v) is 14.5. The van der Waals surface area contributed by atoms with E-state index in [1.54, 1.807) is 24.3 Å². The van der Waals surface area contributed by atoms with Gasteiger partial charge in [0.25, 0.3) is 5.91 Å². The Bertz CT molecular complexity index is 619. The third-order valence-corrected chi connectivity index (χ3v) is 4.08. The first kappa shape index (κ1) is 16.9. The van der Waals surface area contributed by atoms with E-state index in [1.807, 2.05) is 6.92 Å². The van der Waals surface area contributed by atoms with Gasteiger partial charge in [-0.3, -0.25) is 9.69 Å². The van der Waals surface area contributed by atoms with Gasteiger partial charge in [-0.05, 0) is 65.3 Å². The minimum absolute atomic E-state index is 0.148. The molecule has 0 unspecified atom stereocenters. The average molecular weight is 385 g/mol. The molecule has 2 rings (SSSR count). The van der Waals surface area contributed by atoms with Crippen LogP contribution in [-0.2, 0) is 9.53 Å². The third kappa shape index (κ3) is 4.06. The van der Waals surface area contributed by atoms with Gasteiger partial charge in [-0.25, -0.2) is 0 Å². The van der Waals surface area contributed by atoms with Crippen molar-refractivity contribution in [2.24, 2.45) is 0 Å². The lowest BCUT2D eigenvalue weighted by molar-refractivity contribution is -0.122. The van der Waals surface area contributed by atoms with Crippen LogP contribution < -0.4 is 5.32 Å². The van der Waals surface area contributed by atoms with Crippen LogP contribution in [0.15, 0.2) is 28.4 Å². The number of carbonyl (C=O) groups is 1. The van der Waals surface area contributed by atoms with Crippen molar-refractivity contribution in [2.75, 3.05) is 19.8 Å². The van der Waals surface area contributed by atoms with Crippen LogP contribution in [0.3, 0.4) is 0 Å². The Morgan fingerprint density at radius 3 is 2.95 bits per heavy atom. The Labute approximate surface area is 143 Å². The van der Waals surface area contributed by atoms with Gasteiger partial charge in [0.05, 0.1) is 4.47 Å². The van der Waals surface area contributed by atoms with E-state index in [1.165, 1.54) is 4.90 Å². The van der Waals surface area contributed by atoms with E-state index >= 15 is 0 Å². The smallest absolute Gasteiger partial charge is 0.276 e. The molecule has 1 aromatic rings. The van der Waals surface area contributed by atoms with E-state index in [0.29, 0.717) is 35.0 Å². The molecule has 0 spiro atoms. The zero-order chi connectivity index (χ0) is 16.1. The van der Waals surface area contributed by atoms with E-state index in [0.717, 1.165) is 12.0 Å². The predicted octanol–water partition coefficient (Wildman–Crippen LogP) is 2.64. The fraction of sp³-hybridized carbons (Fsp3) is 0.333. The SMILES string of the molecule is CCOCCCN1C(=O)/C(=C\c2ccc(O)c(Br)c2)NC1=S. The number of thiocarbonyl (C=S) groups is 1. The van der Waals surface area contributed by atoms with E-state index < -0.39 is 0 Å². The highest BCUT2D eigenvalue weighted by molar-refractivity contribution is 9.10. The maximum absolute atomic E-state index is 12.3. The van der Waals surface area contributed by atoms with Gasteiger partial charge in [0.1, 0.15) is 11.4 Å². The zero-order valence-electron chi connectivity index (χ0n) is 12.1. The summed E-state index contributed by atoms with van der Waals surface area (Å²) in [6, 6.07) is 5.02. The van der Waals surface area contributed by atoms with Gasteiger partial charge in [-0.15, -0.1) is 0 Å². The minimum atomic E-state index is -0.148. The monoisotopic (exact) mass is 384 g/mol. The van der Waals surface area contributed by atoms with Crippen LogP contribution in [0.2, 0.25) is 0 Å². The van der Waals surface area contributed by atoms with E-state index in [2.05, 4.69) is 21.2 Å². The van der Waals surface area contributed by atoms with Crippen LogP contribution in [0.4, 0.5) is 0 Å². The molecule has 1 aliphatic heterocycles. The summed E-state index contributed by atoms with van der Waals surface area (Å²) >= 11 is 8.45. The molecule has 22 heavy (non-hydrogen) atoms. The van der Waals surface area contributed by atoms with Crippen molar-refractivity contribution < 1.29 is 14.6 Å². The molecule has 7 heteroatoms. The summed E-state index contributed by atoms with van der Waals surface area (Å²) in [6.07, 6.45) is 2.45. The molecule has 118 valence electrons. The Balaban J connectivity index is 2.06. The van der Waals surface area contributed by atoms with Crippen molar-refractivity contribution in [1.29, 1.82) is 0 Å². The number of amides is 1. The van der Waals surface area contributed by atoms with E-state index in [-0.39, 0.29) is 11.7 Å². The van der Waals surface area contributed by atoms with Crippen molar-refractivity contribution in [3.63, 3.8) is 0 Å². The van der Waals surface area contributed by atoms with Crippen molar-refractivity contribution in [2.45, 2.75) is 13.3 Å². The number of benzene rings is 1. The summed E-state index contributed by atoms with van der Waals surface area (Å²) < 4.78 is 5.84. The summed E-state index contributed by atoms with van der Waals surface area (Å²) in [5.74, 6) is 0.00613. The molecule has 2 N–H and O–H groups in total. The maximum atomic E-state index is 12.3. The first-order valence-electron chi connectivity index (χ1n) is 6.93. The van der Waals surface area contributed by atoms with Crippen molar-refractivity contribution in [3.8, 4) is 5.75 Å². The maximum Gasteiger partial charge on any atom is 0.276 e. The van der Waals surface area contributed by atoms with Crippen molar-refractivity contribution >= 4 is 45.2 Å². The van der Waals surface area contributed by atoms with Crippen LogP contribution in [-0.4, -0.2) is 40.8 Å². The second-order valence-corrected chi connectivity index (χ2v) is 5.95. The molecule has 0 bridgehead atoms. The lowest BCUT2D eigenvalue weighted by atomic mass is 10.2. The average Bonchev–Trinajstić information content (AvgIpc) is 2.74. The fourth-order valence-electron chi connectivity index (χ4n) is 2.02. The molecule has 0 aromatic heterocycles. The predicted molar refractivity (Wildman–Crippen MR) is 92.3 cm³/mol. The van der Waals surface area contributed by atoms with Gasteiger partial charge in [0.2, 0.25) is 0 Å². The Morgan fingerprint density at radius 2 is 2.27 bits per heavy atom. The first-order valence-corrected chi connectivity index (χ1v) is 8.14. The molecule has 5 nitrogen and oxygen atoms in total. The Kier molecular flexibility index (Phi) is 5.93. The number of carbonyl (C=O) groups excluding carboxylic acids is 1. The molecular formula is C15H17BrN2O3S. The Hall–Kier alpha value is -1.44. The number of halogens is 1. The molecule has 1 aliphatic rings. The minimum Gasteiger partial charge on any atom is -0.507 e. The second-order valence-electron chi connectivity index (χ2n) is 4.71. The highest BCUT2D eigenvalue weighted by Crippen LogP contribution is 2.25. The van der Waals surface area contributed by atoms with Gasteiger partial charge in [-0.1, -0.05) is 6.07 Å². The topological polar surface area (TPSA) is 61.8 Å². The summed E-state index contributed by atoms with van der Waals surface area (Å²) in [7, 11) is 0. The number of phenolic OH excluding ortho intramolecular Hbond substituents is 1. The molecule has 1 saturated heterocycles. The van der Waals surface area contributed by atoms with E-state index in [4.69, 9.17) is 17.0 Å². The summed E-state index contributed by atoms with van der Waals surface area (Å²) in [5, 5.41) is 12.8. The standard InChI is InChI=1S/C15H17BrN2O3S/c1-2-21-7-3-6-18-14(20)12(17-15(18)22)9-10-4-5-13(19)11(16)8-10/h4-5,8-9,19H,2-3,6-7H2,1H3,(H,17,22)/b12-9+. The Morgan fingerprint density at radius 1 is 1.50 bits per heavy atom. The number of nitrogens with one attached hydrogen (secondary N) is 1. The van der Waals surface area contributed by atoms with Crippen LogP contribution in [0, 0.1) is 0 Å². The third-order valence-electron chi connectivity index (χ3n) is 3.12. The number of aromatic hydroxyl groups is 1.